The van der Waals surface area contributed by atoms with Crippen molar-refractivity contribution in [3.05, 3.63) is 0 Å². The van der Waals surface area contributed by atoms with E-state index in [0.717, 1.165) is 5.25 Å². The second-order valence-electron chi connectivity index (χ2n) is 2.54. The predicted octanol–water partition coefficient (Wildman–Crippen LogP) is 1.34. The Hall–Kier alpha value is -0.430. The van der Waals surface area contributed by atoms with Gasteiger partial charge in [-0.05, 0) is 5.75 Å². The Labute approximate surface area is 84.1 Å². The topological polar surface area (TPSA) is 49.3 Å². The lowest BCUT2D eigenvalue weighted by Crippen LogP contribution is -2.44. The molecule has 1 rings (SSSR count). The maximum Gasteiger partial charge on any atom is 0.490 e. The van der Waals surface area contributed by atoms with Gasteiger partial charge in [0.1, 0.15) is 0 Å². The summed E-state index contributed by atoms with van der Waals surface area (Å²) >= 11 is 2.06. The van der Waals surface area contributed by atoms with Crippen molar-refractivity contribution >= 4 is 17.7 Å². The highest BCUT2D eigenvalue weighted by Gasteiger charge is 2.38. The Bertz CT molecular complexity index is 182. The Morgan fingerprint density at radius 1 is 1.57 bits per heavy atom. The molecule has 1 saturated heterocycles. The van der Waals surface area contributed by atoms with Gasteiger partial charge in [0.05, 0.1) is 0 Å². The molecule has 3 nitrogen and oxygen atoms in total. The first-order valence-electron chi connectivity index (χ1n) is 4.00. The van der Waals surface area contributed by atoms with Crippen LogP contribution in [0.15, 0.2) is 0 Å². The molecule has 0 aromatic rings. The molecule has 0 unspecified atom stereocenters. The van der Waals surface area contributed by atoms with E-state index in [4.69, 9.17) is 9.90 Å². The number of carboxylic acid groups (broad SMARTS) is 1. The van der Waals surface area contributed by atoms with Crippen molar-refractivity contribution in [3.63, 3.8) is 0 Å². The van der Waals surface area contributed by atoms with Gasteiger partial charge in [0.25, 0.3) is 0 Å². The summed E-state index contributed by atoms with van der Waals surface area (Å²) in [5.41, 5.74) is 0. The second kappa shape index (κ2) is 6.13. The van der Waals surface area contributed by atoms with Gasteiger partial charge in [-0.3, -0.25) is 0 Å². The third kappa shape index (κ3) is 6.09. The molecule has 0 saturated carbocycles. The average molecular weight is 231 g/mol. The minimum atomic E-state index is -5.08. The monoisotopic (exact) mass is 231 g/mol. The van der Waals surface area contributed by atoms with Gasteiger partial charge in [-0.2, -0.15) is 24.9 Å². The molecule has 0 atom stereocenters. The number of aliphatic carboxylic acids is 1. The highest BCUT2D eigenvalue weighted by atomic mass is 32.2. The molecule has 0 aromatic carbocycles. The van der Waals surface area contributed by atoms with Crippen LogP contribution in [-0.4, -0.2) is 41.3 Å². The Morgan fingerprint density at radius 3 is 2.07 bits per heavy atom. The summed E-state index contributed by atoms with van der Waals surface area (Å²) in [7, 11) is 0. The molecular formula is C7H12F3NO2S. The molecule has 84 valence electrons. The van der Waals surface area contributed by atoms with Gasteiger partial charge in [-0.1, -0.05) is 6.92 Å². The summed E-state index contributed by atoms with van der Waals surface area (Å²) in [6, 6.07) is 0. The van der Waals surface area contributed by atoms with Gasteiger partial charge in [0.15, 0.2) is 0 Å². The van der Waals surface area contributed by atoms with Crippen LogP contribution in [0, 0.1) is 0 Å². The SMILES string of the molecule is CCSC1CNC1.O=C(O)C(F)(F)F. The number of nitrogens with one attached hydrogen (secondary N) is 1. The van der Waals surface area contributed by atoms with E-state index in [9.17, 15) is 13.2 Å². The maximum atomic E-state index is 10.6. The molecule has 0 bridgehead atoms. The van der Waals surface area contributed by atoms with Crippen LogP contribution in [0.4, 0.5) is 13.2 Å². The molecule has 0 radical (unpaired) electrons. The highest BCUT2D eigenvalue weighted by Crippen LogP contribution is 2.13. The van der Waals surface area contributed by atoms with Crippen LogP contribution in [0.3, 0.4) is 0 Å². The average Bonchev–Trinajstić information content (AvgIpc) is 1.96. The van der Waals surface area contributed by atoms with Crippen molar-refractivity contribution in [2.24, 2.45) is 0 Å². The third-order valence-corrected chi connectivity index (χ3v) is 2.53. The molecular weight excluding hydrogens is 219 g/mol. The van der Waals surface area contributed by atoms with Crippen molar-refractivity contribution in [2.45, 2.75) is 18.3 Å². The minimum Gasteiger partial charge on any atom is -0.475 e. The smallest absolute Gasteiger partial charge is 0.475 e. The van der Waals surface area contributed by atoms with Gasteiger partial charge in [-0.25, -0.2) is 4.79 Å². The fraction of sp³-hybridized carbons (Fsp3) is 0.857. The van der Waals surface area contributed by atoms with Crippen LogP contribution in [0.5, 0.6) is 0 Å². The molecule has 0 aliphatic carbocycles. The number of carbonyl (C=O) groups is 1. The standard InChI is InChI=1S/C5H11NS.C2HF3O2/c1-2-7-5-3-6-4-5;3-2(4,5)1(6)7/h5-6H,2-4H2,1H3;(H,6,7). The van der Waals surface area contributed by atoms with Crippen LogP contribution in [0.2, 0.25) is 0 Å². The normalized spacial score (nSPS) is 16.6. The third-order valence-electron chi connectivity index (χ3n) is 1.39. The van der Waals surface area contributed by atoms with Crippen molar-refractivity contribution in [2.75, 3.05) is 18.8 Å². The number of hydrogen-bond acceptors (Lipinski definition) is 3. The lowest BCUT2D eigenvalue weighted by molar-refractivity contribution is -0.192. The van der Waals surface area contributed by atoms with Crippen LogP contribution in [-0.2, 0) is 4.79 Å². The van der Waals surface area contributed by atoms with Crippen molar-refractivity contribution < 1.29 is 23.1 Å². The van der Waals surface area contributed by atoms with Gasteiger partial charge in [0, 0.05) is 18.3 Å². The first kappa shape index (κ1) is 13.6. The van der Waals surface area contributed by atoms with Gasteiger partial charge in [-0.15, -0.1) is 0 Å². The quantitative estimate of drug-likeness (QED) is 0.753. The molecule has 1 aliphatic heterocycles. The first-order valence-corrected chi connectivity index (χ1v) is 5.05. The summed E-state index contributed by atoms with van der Waals surface area (Å²) in [5.74, 6) is -1.49. The number of hydrogen-bond donors (Lipinski definition) is 2. The number of carboxylic acids is 1. The van der Waals surface area contributed by atoms with Crippen LogP contribution in [0.25, 0.3) is 0 Å². The molecule has 1 fully saturated rings. The second-order valence-corrected chi connectivity index (χ2v) is 4.12. The van der Waals surface area contributed by atoms with E-state index in [1.54, 1.807) is 0 Å². The van der Waals surface area contributed by atoms with Crippen molar-refractivity contribution in [1.82, 2.24) is 5.32 Å². The maximum absolute atomic E-state index is 10.6. The zero-order chi connectivity index (χ0) is 11.2. The lowest BCUT2D eigenvalue weighted by Gasteiger charge is -2.25. The van der Waals surface area contributed by atoms with Crippen LogP contribution in [0.1, 0.15) is 6.92 Å². The van der Waals surface area contributed by atoms with E-state index >= 15 is 0 Å². The first-order chi connectivity index (χ1) is 6.38. The van der Waals surface area contributed by atoms with E-state index in [2.05, 4.69) is 24.0 Å². The molecule has 2 N–H and O–H groups in total. The van der Waals surface area contributed by atoms with Crippen molar-refractivity contribution in [3.8, 4) is 0 Å². The van der Waals surface area contributed by atoms with Crippen LogP contribution < -0.4 is 5.32 Å². The van der Waals surface area contributed by atoms with E-state index in [1.807, 2.05) is 0 Å². The van der Waals surface area contributed by atoms with Gasteiger partial charge in [0.2, 0.25) is 0 Å². The fourth-order valence-electron chi connectivity index (χ4n) is 0.616. The summed E-state index contributed by atoms with van der Waals surface area (Å²) in [4.78, 5) is 8.90. The van der Waals surface area contributed by atoms with E-state index in [0.29, 0.717) is 0 Å². The van der Waals surface area contributed by atoms with E-state index in [-0.39, 0.29) is 0 Å². The molecule has 14 heavy (non-hydrogen) atoms. The Morgan fingerprint density at radius 2 is 2.00 bits per heavy atom. The summed E-state index contributed by atoms with van der Waals surface area (Å²) < 4.78 is 31.7. The zero-order valence-corrected chi connectivity index (χ0v) is 8.41. The molecule has 0 aromatic heterocycles. The number of alkyl halides is 3. The molecule has 0 spiro atoms. The summed E-state index contributed by atoms with van der Waals surface area (Å²) in [6.07, 6.45) is -5.08. The van der Waals surface area contributed by atoms with Crippen molar-refractivity contribution in [1.29, 1.82) is 0 Å². The molecule has 1 heterocycles. The number of thioether (sulfide) groups is 1. The molecule has 1 aliphatic rings. The van der Waals surface area contributed by atoms with Gasteiger partial charge < -0.3 is 10.4 Å². The summed E-state index contributed by atoms with van der Waals surface area (Å²) in [5, 5.41) is 11.3. The zero-order valence-electron chi connectivity index (χ0n) is 7.60. The minimum absolute atomic E-state index is 0.935. The number of rotatable bonds is 2. The van der Waals surface area contributed by atoms with Gasteiger partial charge >= 0.3 is 12.1 Å². The lowest BCUT2D eigenvalue weighted by atomic mass is 10.3. The molecule has 7 heteroatoms. The fourth-order valence-corrected chi connectivity index (χ4v) is 1.56. The molecule has 0 amide bonds. The largest absolute Gasteiger partial charge is 0.490 e. The Kier molecular flexibility index (Phi) is 5.94. The number of halogens is 3. The highest BCUT2D eigenvalue weighted by molar-refractivity contribution is 8.00. The van der Waals surface area contributed by atoms with Crippen LogP contribution >= 0.6 is 11.8 Å². The van der Waals surface area contributed by atoms with E-state index in [1.165, 1.54) is 18.8 Å². The predicted molar refractivity (Wildman–Crippen MR) is 48.5 cm³/mol. The Balaban J connectivity index is 0.000000241. The summed E-state index contributed by atoms with van der Waals surface area (Å²) in [6.45, 7) is 4.68. The van der Waals surface area contributed by atoms with E-state index < -0.39 is 12.1 Å².